The van der Waals surface area contributed by atoms with Gasteiger partial charge in [-0.1, -0.05) is 30.3 Å². The van der Waals surface area contributed by atoms with Crippen LogP contribution in [0.3, 0.4) is 0 Å². The number of likely N-dealkylation sites (tertiary alicyclic amines) is 2. The van der Waals surface area contributed by atoms with E-state index in [-0.39, 0.29) is 17.9 Å². The predicted molar refractivity (Wildman–Crippen MR) is 115 cm³/mol. The van der Waals surface area contributed by atoms with Crippen molar-refractivity contribution in [3.8, 4) is 0 Å². The first-order valence-corrected chi connectivity index (χ1v) is 11.0. The average molecular weight is 410 g/mol. The molecule has 160 valence electrons. The highest BCUT2D eigenvalue weighted by atomic mass is 16.3. The van der Waals surface area contributed by atoms with E-state index in [0.29, 0.717) is 19.0 Å². The smallest absolute Gasteiger partial charge is 0.237 e. The molecule has 2 aliphatic rings. The van der Waals surface area contributed by atoms with Crippen LogP contribution < -0.4 is 5.32 Å². The monoisotopic (exact) mass is 409 g/mol. The summed E-state index contributed by atoms with van der Waals surface area (Å²) in [6.07, 6.45) is 6.54. The van der Waals surface area contributed by atoms with Gasteiger partial charge in [-0.25, -0.2) is 0 Å². The summed E-state index contributed by atoms with van der Waals surface area (Å²) in [5.74, 6) is 1.52. The summed E-state index contributed by atoms with van der Waals surface area (Å²) in [6, 6.07) is 14.0. The molecule has 4 rings (SSSR count). The van der Waals surface area contributed by atoms with Crippen molar-refractivity contribution in [2.45, 2.75) is 44.7 Å². The Kier molecular flexibility index (Phi) is 6.84. The Balaban J connectivity index is 1.22. The zero-order valence-corrected chi connectivity index (χ0v) is 17.5. The first kappa shape index (κ1) is 20.7. The molecule has 2 saturated heterocycles. The molecule has 1 N–H and O–H groups in total. The van der Waals surface area contributed by atoms with Crippen molar-refractivity contribution in [2.24, 2.45) is 5.92 Å². The molecule has 3 heterocycles. The number of piperidine rings is 1. The lowest BCUT2D eigenvalue weighted by Gasteiger charge is -2.34. The predicted octanol–water partition coefficient (Wildman–Crippen LogP) is 2.84. The van der Waals surface area contributed by atoms with Crippen molar-refractivity contribution in [3.05, 3.63) is 60.1 Å². The molecule has 2 amide bonds. The van der Waals surface area contributed by atoms with E-state index in [1.807, 2.05) is 28.0 Å². The SMILES string of the molecule is O=C(NCc1ccco1)[C@@H]1CCCN1CC(=O)N1CCC(Cc2ccccc2)CC1. The van der Waals surface area contributed by atoms with E-state index in [4.69, 9.17) is 4.42 Å². The van der Waals surface area contributed by atoms with E-state index in [9.17, 15) is 9.59 Å². The van der Waals surface area contributed by atoms with E-state index in [1.54, 1.807) is 6.26 Å². The van der Waals surface area contributed by atoms with Crippen molar-refractivity contribution >= 4 is 11.8 Å². The van der Waals surface area contributed by atoms with Crippen molar-refractivity contribution in [3.63, 3.8) is 0 Å². The molecule has 2 fully saturated rings. The Morgan fingerprint density at radius 2 is 1.80 bits per heavy atom. The van der Waals surface area contributed by atoms with Crippen LogP contribution in [0, 0.1) is 5.92 Å². The molecule has 1 atom stereocenters. The molecule has 0 unspecified atom stereocenters. The van der Waals surface area contributed by atoms with Gasteiger partial charge in [0.1, 0.15) is 5.76 Å². The molecule has 0 spiro atoms. The van der Waals surface area contributed by atoms with Gasteiger partial charge < -0.3 is 14.6 Å². The number of hydrogen-bond acceptors (Lipinski definition) is 4. The number of carbonyl (C=O) groups is 2. The van der Waals surface area contributed by atoms with Gasteiger partial charge in [0.15, 0.2) is 0 Å². The molecule has 0 aliphatic carbocycles. The van der Waals surface area contributed by atoms with Crippen molar-refractivity contribution in [1.82, 2.24) is 15.1 Å². The molecular formula is C24H31N3O3. The van der Waals surface area contributed by atoms with Crippen LogP contribution in [0.15, 0.2) is 53.1 Å². The molecule has 0 bridgehead atoms. The maximum atomic E-state index is 12.9. The normalized spacial score (nSPS) is 20.4. The second kappa shape index (κ2) is 9.94. The van der Waals surface area contributed by atoms with Gasteiger partial charge in [0.05, 0.1) is 25.4 Å². The number of nitrogens with one attached hydrogen (secondary N) is 1. The first-order chi connectivity index (χ1) is 14.7. The third-order valence-corrected chi connectivity index (χ3v) is 6.36. The number of furan rings is 1. The van der Waals surface area contributed by atoms with Crippen LogP contribution in [0.5, 0.6) is 0 Å². The number of hydrogen-bond donors (Lipinski definition) is 1. The van der Waals surface area contributed by atoms with Crippen LogP contribution in [-0.2, 0) is 22.6 Å². The summed E-state index contributed by atoms with van der Waals surface area (Å²) in [5.41, 5.74) is 1.38. The van der Waals surface area contributed by atoms with Crippen LogP contribution in [0.2, 0.25) is 0 Å². The summed E-state index contributed by atoms with van der Waals surface area (Å²) < 4.78 is 5.27. The molecule has 0 radical (unpaired) electrons. The van der Waals surface area contributed by atoms with Crippen molar-refractivity contribution < 1.29 is 14.0 Å². The second-order valence-electron chi connectivity index (χ2n) is 8.44. The van der Waals surface area contributed by atoms with Gasteiger partial charge in [-0.05, 0) is 62.3 Å². The van der Waals surface area contributed by atoms with Gasteiger partial charge in [0, 0.05) is 13.1 Å². The quantitative estimate of drug-likeness (QED) is 0.764. The van der Waals surface area contributed by atoms with E-state index in [2.05, 4.69) is 29.6 Å². The topological polar surface area (TPSA) is 65.8 Å². The van der Waals surface area contributed by atoms with Gasteiger partial charge in [-0.2, -0.15) is 0 Å². The van der Waals surface area contributed by atoms with Gasteiger partial charge in [0.25, 0.3) is 0 Å². The van der Waals surface area contributed by atoms with Crippen LogP contribution in [-0.4, -0.2) is 53.8 Å². The molecule has 6 heteroatoms. The van der Waals surface area contributed by atoms with Gasteiger partial charge in [-0.15, -0.1) is 0 Å². The Hall–Kier alpha value is -2.60. The Labute approximate surface area is 178 Å². The fourth-order valence-electron chi connectivity index (χ4n) is 4.63. The van der Waals surface area contributed by atoms with Crippen LogP contribution >= 0.6 is 0 Å². The lowest BCUT2D eigenvalue weighted by molar-refractivity contribution is -0.135. The number of carbonyl (C=O) groups excluding carboxylic acids is 2. The van der Waals surface area contributed by atoms with Crippen LogP contribution in [0.4, 0.5) is 0 Å². The lowest BCUT2D eigenvalue weighted by Crippen LogP contribution is -2.49. The maximum Gasteiger partial charge on any atom is 0.237 e. The standard InChI is InChI=1S/C24H31N3O3/c28-23(26-13-10-20(11-14-26)16-19-6-2-1-3-7-19)18-27-12-4-9-22(27)24(29)25-17-21-8-5-15-30-21/h1-3,5-8,15,20,22H,4,9-14,16-18H2,(H,25,29)/t22-/m0/s1. The molecule has 30 heavy (non-hydrogen) atoms. The first-order valence-electron chi connectivity index (χ1n) is 11.0. The summed E-state index contributed by atoms with van der Waals surface area (Å²) in [5, 5.41) is 2.94. The van der Waals surface area contributed by atoms with Gasteiger partial charge >= 0.3 is 0 Å². The van der Waals surface area contributed by atoms with Gasteiger partial charge in [-0.3, -0.25) is 14.5 Å². The number of amides is 2. The zero-order chi connectivity index (χ0) is 20.8. The summed E-state index contributed by atoms with van der Waals surface area (Å²) >= 11 is 0. The maximum absolute atomic E-state index is 12.9. The minimum Gasteiger partial charge on any atom is -0.467 e. The minimum atomic E-state index is -0.223. The zero-order valence-electron chi connectivity index (χ0n) is 17.5. The third-order valence-electron chi connectivity index (χ3n) is 6.36. The molecule has 2 aromatic rings. The molecule has 1 aromatic heterocycles. The third kappa shape index (κ3) is 5.30. The summed E-state index contributed by atoms with van der Waals surface area (Å²) in [4.78, 5) is 29.5. The summed E-state index contributed by atoms with van der Waals surface area (Å²) in [7, 11) is 0. The molecule has 1 aromatic carbocycles. The highest BCUT2D eigenvalue weighted by Crippen LogP contribution is 2.23. The van der Waals surface area contributed by atoms with Crippen molar-refractivity contribution in [1.29, 1.82) is 0 Å². The van der Waals surface area contributed by atoms with E-state index in [0.717, 1.165) is 57.5 Å². The highest BCUT2D eigenvalue weighted by molar-refractivity contribution is 5.84. The minimum absolute atomic E-state index is 0.0155. The second-order valence-corrected chi connectivity index (χ2v) is 8.44. The molecule has 2 aliphatic heterocycles. The Bertz CT molecular complexity index is 813. The van der Waals surface area contributed by atoms with Gasteiger partial charge in [0.2, 0.25) is 11.8 Å². The van der Waals surface area contributed by atoms with Crippen LogP contribution in [0.1, 0.15) is 37.0 Å². The van der Waals surface area contributed by atoms with Crippen LogP contribution in [0.25, 0.3) is 0 Å². The number of rotatable bonds is 7. The number of benzene rings is 1. The molecule has 0 saturated carbocycles. The Morgan fingerprint density at radius 3 is 2.53 bits per heavy atom. The summed E-state index contributed by atoms with van der Waals surface area (Å²) in [6.45, 7) is 3.16. The largest absolute Gasteiger partial charge is 0.467 e. The number of nitrogens with zero attached hydrogens (tertiary/aromatic N) is 2. The highest BCUT2D eigenvalue weighted by Gasteiger charge is 2.33. The Morgan fingerprint density at radius 1 is 1.00 bits per heavy atom. The van der Waals surface area contributed by atoms with Crippen molar-refractivity contribution in [2.75, 3.05) is 26.2 Å². The van der Waals surface area contributed by atoms with E-state index < -0.39 is 0 Å². The van der Waals surface area contributed by atoms with E-state index in [1.165, 1.54) is 5.56 Å². The lowest BCUT2D eigenvalue weighted by atomic mass is 9.90. The van der Waals surface area contributed by atoms with E-state index >= 15 is 0 Å². The fraction of sp³-hybridized carbons (Fsp3) is 0.500. The average Bonchev–Trinajstić information content (AvgIpc) is 3.45. The fourth-order valence-corrected chi connectivity index (χ4v) is 4.63. The molecular weight excluding hydrogens is 378 g/mol. The molecule has 6 nitrogen and oxygen atoms in total.